The zero-order valence-corrected chi connectivity index (χ0v) is 14.6. The van der Waals surface area contributed by atoms with Gasteiger partial charge in [0.25, 0.3) is 0 Å². The number of nitrogens with zero attached hydrogens (tertiary/aromatic N) is 1. The van der Waals surface area contributed by atoms with Gasteiger partial charge in [-0.2, -0.15) is 0 Å². The van der Waals surface area contributed by atoms with Crippen LogP contribution in [0.4, 0.5) is 10.5 Å². The molecule has 0 radical (unpaired) electrons. The standard InChI is InChI=1S/C20H25N3O2/c1-25-18-11-7-8-16(14-18)19(23-12-5-6-13-23)15-21-20(24)22-17-9-3-2-4-10-17/h2-4,7-11,14,19H,5-6,12-13,15H2,1H3,(H2,21,22,24)/t19-/m1/s1. The zero-order valence-electron chi connectivity index (χ0n) is 14.6. The molecule has 0 bridgehead atoms. The van der Waals surface area contributed by atoms with Crippen LogP contribution in [0.1, 0.15) is 24.4 Å². The number of likely N-dealkylation sites (tertiary alicyclic amines) is 1. The Kier molecular flexibility index (Phi) is 5.90. The smallest absolute Gasteiger partial charge is 0.319 e. The lowest BCUT2D eigenvalue weighted by Crippen LogP contribution is -2.38. The van der Waals surface area contributed by atoms with E-state index in [0.29, 0.717) is 6.54 Å². The van der Waals surface area contributed by atoms with Gasteiger partial charge < -0.3 is 15.4 Å². The molecule has 0 saturated carbocycles. The van der Waals surface area contributed by atoms with Crippen LogP contribution in [0.3, 0.4) is 0 Å². The maximum atomic E-state index is 12.2. The third-order valence-corrected chi connectivity index (χ3v) is 4.55. The SMILES string of the molecule is COc1cccc([C@@H](CNC(=O)Nc2ccccc2)N2CCCC2)c1. The number of carbonyl (C=O) groups is 1. The average molecular weight is 339 g/mol. The number of carbonyl (C=O) groups excluding carboxylic acids is 1. The van der Waals surface area contributed by atoms with Crippen LogP contribution < -0.4 is 15.4 Å². The maximum Gasteiger partial charge on any atom is 0.319 e. The highest BCUT2D eigenvalue weighted by molar-refractivity contribution is 5.89. The normalized spacial score (nSPS) is 15.6. The van der Waals surface area contributed by atoms with Gasteiger partial charge in [0.2, 0.25) is 0 Å². The van der Waals surface area contributed by atoms with E-state index in [1.54, 1.807) is 7.11 Å². The molecule has 3 rings (SSSR count). The fourth-order valence-electron chi connectivity index (χ4n) is 3.25. The quantitative estimate of drug-likeness (QED) is 0.844. The highest BCUT2D eigenvalue weighted by Gasteiger charge is 2.24. The van der Waals surface area contributed by atoms with Gasteiger partial charge >= 0.3 is 6.03 Å². The molecule has 2 N–H and O–H groups in total. The lowest BCUT2D eigenvalue weighted by molar-refractivity contribution is 0.227. The number of ether oxygens (including phenoxy) is 1. The van der Waals surface area contributed by atoms with Crippen molar-refractivity contribution in [1.82, 2.24) is 10.2 Å². The summed E-state index contributed by atoms with van der Waals surface area (Å²) in [6, 6.07) is 17.5. The molecule has 1 fully saturated rings. The van der Waals surface area contributed by atoms with Crippen molar-refractivity contribution in [2.45, 2.75) is 18.9 Å². The van der Waals surface area contributed by atoms with E-state index in [1.165, 1.54) is 18.4 Å². The number of rotatable bonds is 6. The Labute approximate surface area is 149 Å². The Morgan fingerprint density at radius 3 is 2.60 bits per heavy atom. The van der Waals surface area contributed by atoms with Gasteiger partial charge in [-0.05, 0) is 55.8 Å². The summed E-state index contributed by atoms with van der Waals surface area (Å²) in [6.07, 6.45) is 2.41. The third kappa shape index (κ3) is 4.73. The Balaban J connectivity index is 1.66. The highest BCUT2D eigenvalue weighted by Crippen LogP contribution is 2.27. The summed E-state index contributed by atoms with van der Waals surface area (Å²) in [4.78, 5) is 14.6. The fraction of sp³-hybridized carbons (Fsp3) is 0.350. The van der Waals surface area contributed by atoms with E-state index in [-0.39, 0.29) is 12.1 Å². The first-order chi connectivity index (χ1) is 12.3. The van der Waals surface area contributed by atoms with Crippen molar-refractivity contribution < 1.29 is 9.53 Å². The number of anilines is 1. The molecule has 0 aromatic heterocycles. The second-order valence-corrected chi connectivity index (χ2v) is 6.24. The van der Waals surface area contributed by atoms with Gasteiger partial charge in [0.05, 0.1) is 13.2 Å². The van der Waals surface area contributed by atoms with Gasteiger partial charge in [0.1, 0.15) is 5.75 Å². The number of para-hydroxylation sites is 1. The van der Waals surface area contributed by atoms with Gasteiger partial charge in [-0.3, -0.25) is 4.90 Å². The molecule has 0 spiro atoms. The van der Waals surface area contributed by atoms with Crippen molar-refractivity contribution in [3.63, 3.8) is 0 Å². The van der Waals surface area contributed by atoms with E-state index in [2.05, 4.69) is 27.7 Å². The fourth-order valence-corrected chi connectivity index (χ4v) is 3.25. The molecular formula is C20H25N3O2. The van der Waals surface area contributed by atoms with E-state index in [4.69, 9.17) is 4.74 Å². The molecule has 1 heterocycles. The summed E-state index contributed by atoms with van der Waals surface area (Å²) in [5.74, 6) is 0.843. The lowest BCUT2D eigenvalue weighted by atomic mass is 10.1. The van der Waals surface area contributed by atoms with Gasteiger partial charge in [-0.25, -0.2) is 4.79 Å². The van der Waals surface area contributed by atoms with Crippen molar-refractivity contribution in [2.75, 3.05) is 32.1 Å². The van der Waals surface area contributed by atoms with Crippen molar-refractivity contribution in [3.05, 3.63) is 60.2 Å². The molecule has 2 aromatic rings. The van der Waals surface area contributed by atoms with Gasteiger partial charge in [-0.1, -0.05) is 30.3 Å². The largest absolute Gasteiger partial charge is 0.497 e. The second-order valence-electron chi connectivity index (χ2n) is 6.24. The zero-order chi connectivity index (χ0) is 17.5. The second kappa shape index (κ2) is 8.53. The van der Waals surface area contributed by atoms with Crippen LogP contribution in [0.5, 0.6) is 5.75 Å². The number of urea groups is 1. The summed E-state index contributed by atoms with van der Waals surface area (Å²) in [5, 5.41) is 5.88. The Morgan fingerprint density at radius 2 is 1.88 bits per heavy atom. The molecule has 1 saturated heterocycles. The summed E-state index contributed by atoms with van der Waals surface area (Å²) in [6.45, 7) is 2.68. The minimum Gasteiger partial charge on any atom is -0.497 e. The summed E-state index contributed by atoms with van der Waals surface area (Å²) in [5.41, 5.74) is 1.96. The number of benzene rings is 2. The molecule has 0 aliphatic carbocycles. The molecule has 5 nitrogen and oxygen atoms in total. The maximum absolute atomic E-state index is 12.2. The topological polar surface area (TPSA) is 53.6 Å². The Morgan fingerprint density at radius 1 is 1.12 bits per heavy atom. The molecule has 1 aliphatic heterocycles. The first-order valence-electron chi connectivity index (χ1n) is 8.74. The first kappa shape index (κ1) is 17.3. The third-order valence-electron chi connectivity index (χ3n) is 4.55. The molecule has 132 valence electrons. The molecule has 1 atom stereocenters. The van der Waals surface area contributed by atoms with Crippen LogP contribution in [-0.2, 0) is 0 Å². The van der Waals surface area contributed by atoms with Crippen LogP contribution in [-0.4, -0.2) is 37.7 Å². The number of hydrogen-bond donors (Lipinski definition) is 2. The van der Waals surface area contributed by atoms with Crippen molar-refractivity contribution in [2.24, 2.45) is 0 Å². The number of nitrogens with one attached hydrogen (secondary N) is 2. The van der Waals surface area contributed by atoms with E-state index in [1.807, 2.05) is 42.5 Å². The van der Waals surface area contributed by atoms with Gasteiger partial charge in [-0.15, -0.1) is 0 Å². The van der Waals surface area contributed by atoms with Crippen molar-refractivity contribution in [3.8, 4) is 5.75 Å². The van der Waals surface area contributed by atoms with Crippen molar-refractivity contribution >= 4 is 11.7 Å². The monoisotopic (exact) mass is 339 g/mol. The number of methoxy groups -OCH3 is 1. The van der Waals surface area contributed by atoms with Crippen LogP contribution >= 0.6 is 0 Å². The molecule has 5 heteroatoms. The van der Waals surface area contributed by atoms with Gasteiger partial charge in [0, 0.05) is 12.2 Å². The predicted molar refractivity (Wildman–Crippen MR) is 100 cm³/mol. The molecular weight excluding hydrogens is 314 g/mol. The molecule has 1 aliphatic rings. The molecule has 0 unspecified atom stereocenters. The minimum absolute atomic E-state index is 0.152. The predicted octanol–water partition coefficient (Wildman–Crippen LogP) is 3.65. The highest BCUT2D eigenvalue weighted by atomic mass is 16.5. The van der Waals surface area contributed by atoms with E-state index in [9.17, 15) is 4.79 Å². The average Bonchev–Trinajstić information content (AvgIpc) is 3.17. The van der Waals surface area contributed by atoms with Crippen LogP contribution in [0.25, 0.3) is 0 Å². The number of hydrogen-bond acceptors (Lipinski definition) is 3. The van der Waals surface area contributed by atoms with Crippen LogP contribution in [0.2, 0.25) is 0 Å². The summed E-state index contributed by atoms with van der Waals surface area (Å²) < 4.78 is 5.35. The van der Waals surface area contributed by atoms with E-state index < -0.39 is 0 Å². The number of amides is 2. The Hall–Kier alpha value is -2.53. The lowest BCUT2D eigenvalue weighted by Gasteiger charge is -2.28. The Bertz CT molecular complexity index is 684. The van der Waals surface area contributed by atoms with E-state index >= 15 is 0 Å². The van der Waals surface area contributed by atoms with E-state index in [0.717, 1.165) is 24.5 Å². The molecule has 2 aromatic carbocycles. The van der Waals surface area contributed by atoms with Gasteiger partial charge in [0.15, 0.2) is 0 Å². The van der Waals surface area contributed by atoms with Crippen LogP contribution in [0, 0.1) is 0 Å². The summed E-state index contributed by atoms with van der Waals surface area (Å²) >= 11 is 0. The first-order valence-corrected chi connectivity index (χ1v) is 8.74. The summed E-state index contributed by atoms with van der Waals surface area (Å²) in [7, 11) is 1.68. The minimum atomic E-state index is -0.182. The molecule has 25 heavy (non-hydrogen) atoms. The van der Waals surface area contributed by atoms with Crippen molar-refractivity contribution in [1.29, 1.82) is 0 Å². The molecule has 2 amide bonds. The van der Waals surface area contributed by atoms with Crippen LogP contribution in [0.15, 0.2) is 54.6 Å².